The molecule has 20 heavy (non-hydrogen) atoms. The lowest BCUT2D eigenvalue weighted by Gasteiger charge is -2.26. The molecule has 2 heterocycles. The van der Waals surface area contributed by atoms with E-state index in [4.69, 9.17) is 0 Å². The second-order valence-corrected chi connectivity index (χ2v) is 5.40. The van der Waals surface area contributed by atoms with Crippen molar-refractivity contribution in [2.75, 3.05) is 13.1 Å². The quantitative estimate of drug-likeness (QED) is 0.831. The van der Waals surface area contributed by atoms with Crippen LogP contribution in [0.1, 0.15) is 37.3 Å². The van der Waals surface area contributed by atoms with E-state index in [0.29, 0.717) is 0 Å². The molecule has 1 aromatic carbocycles. The molecule has 0 spiro atoms. The minimum absolute atomic E-state index is 0.174. The Bertz CT molecular complexity index is 616. The van der Waals surface area contributed by atoms with E-state index in [-0.39, 0.29) is 6.04 Å². The third-order valence-corrected chi connectivity index (χ3v) is 4.09. The average molecular weight is 265 g/mol. The zero-order chi connectivity index (χ0) is 13.8. The number of para-hydroxylation sites is 1. The van der Waals surface area contributed by atoms with E-state index in [0.717, 1.165) is 29.6 Å². The van der Waals surface area contributed by atoms with Gasteiger partial charge in [-0.05, 0) is 32.0 Å². The van der Waals surface area contributed by atoms with Crippen molar-refractivity contribution in [3.8, 4) is 6.07 Å². The van der Waals surface area contributed by atoms with Gasteiger partial charge in [0.1, 0.15) is 6.04 Å². The maximum absolute atomic E-state index is 9.66. The molecule has 0 N–H and O–H groups in total. The summed E-state index contributed by atoms with van der Waals surface area (Å²) in [4.78, 5) is 6.81. The van der Waals surface area contributed by atoms with Gasteiger partial charge in [-0.1, -0.05) is 37.1 Å². The maximum Gasteiger partial charge on any atom is 0.125 e. The van der Waals surface area contributed by atoms with Gasteiger partial charge in [-0.2, -0.15) is 5.26 Å². The number of nitriles is 1. The summed E-state index contributed by atoms with van der Waals surface area (Å²) < 4.78 is 0. The number of pyridine rings is 1. The Balaban J connectivity index is 2.01. The van der Waals surface area contributed by atoms with Crippen molar-refractivity contribution in [2.24, 2.45) is 0 Å². The molecule has 102 valence electrons. The first-order chi connectivity index (χ1) is 9.90. The Labute approximate surface area is 119 Å². The Morgan fingerprint density at radius 1 is 1.05 bits per heavy atom. The Kier molecular flexibility index (Phi) is 3.94. The highest BCUT2D eigenvalue weighted by Gasteiger charge is 2.23. The number of aromatic nitrogens is 1. The van der Waals surface area contributed by atoms with Gasteiger partial charge in [0, 0.05) is 17.1 Å². The molecule has 1 fully saturated rings. The van der Waals surface area contributed by atoms with Crippen molar-refractivity contribution < 1.29 is 0 Å². The lowest BCUT2D eigenvalue weighted by Crippen LogP contribution is -2.29. The summed E-state index contributed by atoms with van der Waals surface area (Å²) in [7, 11) is 0. The first-order valence-electron chi connectivity index (χ1n) is 7.37. The van der Waals surface area contributed by atoms with Crippen LogP contribution in [0.5, 0.6) is 0 Å². The summed E-state index contributed by atoms with van der Waals surface area (Å²) in [6.45, 7) is 2.03. The molecule has 1 aliphatic heterocycles. The molecule has 1 aliphatic rings. The second kappa shape index (κ2) is 6.02. The second-order valence-electron chi connectivity index (χ2n) is 5.40. The molecular weight excluding hydrogens is 246 g/mol. The predicted octanol–water partition coefficient (Wildman–Crippen LogP) is 3.68. The van der Waals surface area contributed by atoms with E-state index in [1.165, 1.54) is 25.7 Å². The van der Waals surface area contributed by atoms with E-state index in [1.807, 2.05) is 24.4 Å². The minimum Gasteiger partial charge on any atom is -0.284 e. The molecular formula is C17H19N3. The van der Waals surface area contributed by atoms with Crippen molar-refractivity contribution in [3.63, 3.8) is 0 Å². The molecule has 0 bridgehead atoms. The molecule has 1 saturated heterocycles. The molecule has 1 unspecified atom stereocenters. The van der Waals surface area contributed by atoms with Gasteiger partial charge in [-0.25, -0.2) is 0 Å². The SMILES string of the molecule is N#CC(c1cccc2cccnc12)N1CCCCCC1. The van der Waals surface area contributed by atoms with Crippen molar-refractivity contribution in [1.82, 2.24) is 9.88 Å². The van der Waals surface area contributed by atoms with Crippen LogP contribution in [0, 0.1) is 11.3 Å². The van der Waals surface area contributed by atoms with Gasteiger partial charge in [0.2, 0.25) is 0 Å². The fourth-order valence-corrected chi connectivity index (χ4v) is 3.05. The fraction of sp³-hybridized carbons (Fsp3) is 0.412. The molecule has 3 nitrogen and oxygen atoms in total. The average Bonchev–Trinajstić information content (AvgIpc) is 2.78. The minimum atomic E-state index is -0.174. The maximum atomic E-state index is 9.66. The zero-order valence-electron chi connectivity index (χ0n) is 11.6. The van der Waals surface area contributed by atoms with Gasteiger partial charge in [0.15, 0.2) is 0 Å². The van der Waals surface area contributed by atoms with Crippen molar-refractivity contribution in [2.45, 2.75) is 31.7 Å². The largest absolute Gasteiger partial charge is 0.284 e. The Morgan fingerprint density at radius 3 is 2.55 bits per heavy atom. The molecule has 1 aromatic heterocycles. The third kappa shape index (κ3) is 2.52. The van der Waals surface area contributed by atoms with Crippen LogP contribution in [-0.2, 0) is 0 Å². The van der Waals surface area contributed by atoms with Crippen LogP contribution in [0.25, 0.3) is 10.9 Å². The Hall–Kier alpha value is -1.92. The summed E-state index contributed by atoms with van der Waals surface area (Å²) in [5.74, 6) is 0. The monoisotopic (exact) mass is 265 g/mol. The summed E-state index contributed by atoms with van der Waals surface area (Å²) in [6, 6.07) is 12.5. The summed E-state index contributed by atoms with van der Waals surface area (Å²) in [5.41, 5.74) is 2.01. The standard InChI is InChI=1S/C17H19N3/c18-13-16(20-11-3-1-2-4-12-20)15-9-5-7-14-8-6-10-19-17(14)15/h5-10,16H,1-4,11-12H2. The topological polar surface area (TPSA) is 39.9 Å². The lowest BCUT2D eigenvalue weighted by atomic mass is 10.0. The summed E-state index contributed by atoms with van der Waals surface area (Å²) >= 11 is 0. The van der Waals surface area contributed by atoms with Gasteiger partial charge >= 0.3 is 0 Å². The molecule has 0 amide bonds. The molecule has 2 aromatic rings. The van der Waals surface area contributed by atoms with E-state index in [1.54, 1.807) is 0 Å². The first-order valence-corrected chi connectivity index (χ1v) is 7.37. The fourth-order valence-electron chi connectivity index (χ4n) is 3.05. The van der Waals surface area contributed by atoms with E-state index in [2.05, 4.69) is 28.1 Å². The highest BCUT2D eigenvalue weighted by molar-refractivity contribution is 5.82. The number of rotatable bonds is 2. The van der Waals surface area contributed by atoms with Crippen LogP contribution in [0.3, 0.4) is 0 Å². The van der Waals surface area contributed by atoms with Crippen LogP contribution in [0.4, 0.5) is 0 Å². The van der Waals surface area contributed by atoms with Gasteiger partial charge in [-0.15, -0.1) is 0 Å². The van der Waals surface area contributed by atoms with Gasteiger partial charge in [0.05, 0.1) is 11.6 Å². The third-order valence-electron chi connectivity index (χ3n) is 4.09. The molecule has 1 atom stereocenters. The molecule has 3 heteroatoms. The number of benzene rings is 1. The van der Waals surface area contributed by atoms with Crippen molar-refractivity contribution in [3.05, 3.63) is 42.1 Å². The zero-order valence-corrected chi connectivity index (χ0v) is 11.6. The normalized spacial score (nSPS) is 18.4. The predicted molar refractivity (Wildman–Crippen MR) is 80.1 cm³/mol. The van der Waals surface area contributed by atoms with Crippen LogP contribution in [-0.4, -0.2) is 23.0 Å². The summed E-state index contributed by atoms with van der Waals surface area (Å²) in [5, 5.41) is 10.8. The van der Waals surface area contributed by atoms with E-state index < -0.39 is 0 Å². The number of hydrogen-bond donors (Lipinski definition) is 0. The van der Waals surface area contributed by atoms with Gasteiger partial charge in [-0.3, -0.25) is 9.88 Å². The van der Waals surface area contributed by atoms with Gasteiger partial charge < -0.3 is 0 Å². The number of fused-ring (bicyclic) bond motifs is 1. The number of hydrogen-bond acceptors (Lipinski definition) is 3. The van der Waals surface area contributed by atoms with Crippen molar-refractivity contribution >= 4 is 10.9 Å². The molecule has 0 radical (unpaired) electrons. The number of likely N-dealkylation sites (tertiary alicyclic amines) is 1. The summed E-state index contributed by atoms with van der Waals surface area (Å²) in [6.07, 6.45) is 6.75. The molecule has 0 aliphatic carbocycles. The first kappa shape index (κ1) is 13.1. The van der Waals surface area contributed by atoms with Crippen LogP contribution in [0.2, 0.25) is 0 Å². The van der Waals surface area contributed by atoms with Crippen LogP contribution in [0.15, 0.2) is 36.5 Å². The van der Waals surface area contributed by atoms with Crippen molar-refractivity contribution in [1.29, 1.82) is 5.26 Å². The smallest absolute Gasteiger partial charge is 0.125 e. The van der Waals surface area contributed by atoms with E-state index >= 15 is 0 Å². The lowest BCUT2D eigenvalue weighted by molar-refractivity contribution is 0.246. The number of nitrogens with zero attached hydrogens (tertiary/aromatic N) is 3. The Morgan fingerprint density at radius 2 is 1.80 bits per heavy atom. The molecule has 3 rings (SSSR count). The highest BCUT2D eigenvalue weighted by atomic mass is 15.2. The van der Waals surface area contributed by atoms with Gasteiger partial charge in [0.25, 0.3) is 0 Å². The van der Waals surface area contributed by atoms with Crippen LogP contribution < -0.4 is 0 Å². The van der Waals surface area contributed by atoms with E-state index in [9.17, 15) is 5.26 Å². The highest BCUT2D eigenvalue weighted by Crippen LogP contribution is 2.28. The van der Waals surface area contributed by atoms with Crippen LogP contribution >= 0.6 is 0 Å². The molecule has 0 saturated carbocycles.